The molecule has 1 N–H and O–H groups in total. The summed E-state index contributed by atoms with van der Waals surface area (Å²) < 4.78 is 2.04. The highest BCUT2D eigenvalue weighted by atomic mass is 15.0. The number of nitrogens with one attached hydrogen (secondary N) is 1. The van der Waals surface area contributed by atoms with Crippen molar-refractivity contribution in [1.82, 2.24) is 9.55 Å². The largest absolute Gasteiger partial charge is 0.382 e. The highest BCUT2D eigenvalue weighted by Gasteiger charge is 2.11. The molecule has 0 radical (unpaired) electrons. The average molecular weight is 255 g/mol. The molecule has 0 unspecified atom stereocenters. The highest BCUT2D eigenvalue weighted by molar-refractivity contribution is 5.51. The molecular weight excluding hydrogens is 234 g/mol. The van der Waals surface area contributed by atoms with Crippen LogP contribution in [0.25, 0.3) is 5.69 Å². The van der Waals surface area contributed by atoms with Gasteiger partial charge in [-0.1, -0.05) is 31.7 Å². The first-order valence-electron chi connectivity index (χ1n) is 7.27. The molecule has 1 aromatic heterocycles. The minimum absolute atomic E-state index is 0.639. The average Bonchev–Trinajstić information content (AvgIpc) is 2.86. The van der Waals surface area contributed by atoms with E-state index in [1.54, 1.807) is 0 Å². The summed E-state index contributed by atoms with van der Waals surface area (Å²) in [5, 5.41) is 3.69. The van der Waals surface area contributed by atoms with Crippen LogP contribution < -0.4 is 5.32 Å². The summed E-state index contributed by atoms with van der Waals surface area (Å²) in [6.45, 7) is 0. The van der Waals surface area contributed by atoms with Gasteiger partial charge in [-0.2, -0.15) is 0 Å². The molecule has 0 aliphatic heterocycles. The van der Waals surface area contributed by atoms with Gasteiger partial charge in [-0.15, -0.1) is 0 Å². The van der Waals surface area contributed by atoms with E-state index in [4.69, 9.17) is 0 Å². The molecule has 1 fully saturated rings. The summed E-state index contributed by atoms with van der Waals surface area (Å²) in [6, 6.07) is 9.21. The van der Waals surface area contributed by atoms with Crippen molar-refractivity contribution in [3.8, 4) is 5.69 Å². The number of hydrogen-bond donors (Lipinski definition) is 1. The third kappa shape index (κ3) is 3.16. The lowest BCUT2D eigenvalue weighted by Gasteiger charge is -2.18. The van der Waals surface area contributed by atoms with E-state index in [2.05, 4.69) is 34.6 Å². The molecule has 1 saturated carbocycles. The van der Waals surface area contributed by atoms with Gasteiger partial charge in [-0.3, -0.25) is 0 Å². The van der Waals surface area contributed by atoms with E-state index in [1.165, 1.54) is 44.2 Å². The van der Waals surface area contributed by atoms with Gasteiger partial charge in [0.2, 0.25) is 0 Å². The van der Waals surface area contributed by atoms with Crippen LogP contribution in [0.4, 0.5) is 5.69 Å². The van der Waals surface area contributed by atoms with Crippen LogP contribution in [-0.4, -0.2) is 15.6 Å². The van der Waals surface area contributed by atoms with E-state index in [1.807, 2.05) is 23.3 Å². The van der Waals surface area contributed by atoms with Gasteiger partial charge in [0, 0.05) is 29.8 Å². The van der Waals surface area contributed by atoms with Gasteiger partial charge in [0.25, 0.3) is 0 Å². The van der Waals surface area contributed by atoms with E-state index < -0.39 is 0 Å². The summed E-state index contributed by atoms with van der Waals surface area (Å²) in [5.74, 6) is 0. The summed E-state index contributed by atoms with van der Waals surface area (Å²) in [5.41, 5.74) is 2.38. The van der Waals surface area contributed by atoms with Crippen molar-refractivity contribution in [1.29, 1.82) is 0 Å². The number of rotatable bonds is 3. The van der Waals surface area contributed by atoms with Gasteiger partial charge in [-0.25, -0.2) is 4.98 Å². The summed E-state index contributed by atoms with van der Waals surface area (Å²) in [7, 11) is 0. The molecule has 0 saturated heterocycles. The van der Waals surface area contributed by atoms with Crippen molar-refractivity contribution in [3.05, 3.63) is 43.0 Å². The Labute approximate surface area is 114 Å². The van der Waals surface area contributed by atoms with E-state index in [0.717, 1.165) is 5.69 Å². The molecule has 2 aromatic rings. The van der Waals surface area contributed by atoms with Gasteiger partial charge < -0.3 is 9.88 Å². The molecule has 0 atom stereocenters. The fraction of sp³-hybridized carbons (Fsp3) is 0.438. The minimum Gasteiger partial charge on any atom is -0.382 e. The first-order chi connectivity index (χ1) is 9.42. The second-order valence-electron chi connectivity index (χ2n) is 5.35. The maximum Gasteiger partial charge on any atom is 0.0991 e. The normalized spacial score (nSPS) is 17.1. The standard InChI is InChI=1S/C16H21N3/c1-2-4-7-14(6-3-1)18-15-8-5-9-16(12-15)19-11-10-17-13-19/h5,8-14,18H,1-4,6-7H2. The molecule has 0 amide bonds. The van der Waals surface area contributed by atoms with Crippen LogP contribution in [-0.2, 0) is 0 Å². The fourth-order valence-corrected chi connectivity index (χ4v) is 2.83. The van der Waals surface area contributed by atoms with E-state index in [0.29, 0.717) is 6.04 Å². The van der Waals surface area contributed by atoms with Crippen LogP contribution in [0.5, 0.6) is 0 Å². The Morgan fingerprint density at radius 2 is 1.95 bits per heavy atom. The van der Waals surface area contributed by atoms with Crippen molar-refractivity contribution < 1.29 is 0 Å². The molecule has 0 spiro atoms. The van der Waals surface area contributed by atoms with Crippen LogP contribution in [0, 0.1) is 0 Å². The molecule has 1 aliphatic carbocycles. The smallest absolute Gasteiger partial charge is 0.0991 e. The monoisotopic (exact) mass is 255 g/mol. The zero-order valence-electron chi connectivity index (χ0n) is 11.3. The summed E-state index contributed by atoms with van der Waals surface area (Å²) >= 11 is 0. The van der Waals surface area contributed by atoms with Gasteiger partial charge in [0.15, 0.2) is 0 Å². The van der Waals surface area contributed by atoms with Gasteiger partial charge in [0.05, 0.1) is 6.33 Å². The number of imidazole rings is 1. The van der Waals surface area contributed by atoms with Crippen LogP contribution >= 0.6 is 0 Å². The zero-order chi connectivity index (χ0) is 12.9. The Kier molecular flexibility index (Phi) is 3.82. The fourth-order valence-electron chi connectivity index (χ4n) is 2.83. The topological polar surface area (TPSA) is 29.9 Å². The molecule has 1 heterocycles. The Hall–Kier alpha value is -1.77. The van der Waals surface area contributed by atoms with Crippen molar-refractivity contribution in [2.45, 2.75) is 44.6 Å². The molecule has 19 heavy (non-hydrogen) atoms. The molecular formula is C16H21N3. The van der Waals surface area contributed by atoms with Crippen LogP contribution in [0.2, 0.25) is 0 Å². The first kappa shape index (κ1) is 12.3. The van der Waals surface area contributed by atoms with Crippen molar-refractivity contribution >= 4 is 5.69 Å². The number of hydrogen-bond acceptors (Lipinski definition) is 2. The molecule has 1 aliphatic rings. The number of anilines is 1. The molecule has 0 bridgehead atoms. The van der Waals surface area contributed by atoms with E-state index in [-0.39, 0.29) is 0 Å². The van der Waals surface area contributed by atoms with Crippen molar-refractivity contribution in [3.63, 3.8) is 0 Å². The molecule has 100 valence electrons. The number of nitrogens with zero attached hydrogens (tertiary/aromatic N) is 2. The maximum absolute atomic E-state index is 4.10. The van der Waals surface area contributed by atoms with Crippen molar-refractivity contribution in [2.75, 3.05) is 5.32 Å². The Bertz CT molecular complexity index is 496. The predicted octanol–water partition coefficient (Wildman–Crippen LogP) is 4.01. The second kappa shape index (κ2) is 5.91. The minimum atomic E-state index is 0.639. The number of benzene rings is 1. The van der Waals surface area contributed by atoms with Crippen LogP contribution in [0.1, 0.15) is 38.5 Å². The molecule has 3 heteroatoms. The van der Waals surface area contributed by atoms with Gasteiger partial charge >= 0.3 is 0 Å². The number of aromatic nitrogens is 2. The molecule has 1 aromatic carbocycles. The Morgan fingerprint density at radius 3 is 2.68 bits per heavy atom. The van der Waals surface area contributed by atoms with Crippen LogP contribution in [0.3, 0.4) is 0 Å². The third-order valence-corrected chi connectivity index (χ3v) is 3.87. The van der Waals surface area contributed by atoms with E-state index in [9.17, 15) is 0 Å². The third-order valence-electron chi connectivity index (χ3n) is 3.87. The lowest BCUT2D eigenvalue weighted by atomic mass is 10.1. The first-order valence-corrected chi connectivity index (χ1v) is 7.27. The lowest BCUT2D eigenvalue weighted by molar-refractivity contribution is 0.620. The van der Waals surface area contributed by atoms with Crippen LogP contribution in [0.15, 0.2) is 43.0 Å². The second-order valence-corrected chi connectivity index (χ2v) is 5.35. The maximum atomic E-state index is 4.10. The SMILES string of the molecule is c1cc(NC2CCCCCC2)cc(-n2ccnc2)c1. The Morgan fingerprint density at radius 1 is 1.11 bits per heavy atom. The highest BCUT2D eigenvalue weighted by Crippen LogP contribution is 2.22. The molecule has 3 rings (SSSR count). The van der Waals surface area contributed by atoms with Crippen molar-refractivity contribution in [2.24, 2.45) is 0 Å². The van der Waals surface area contributed by atoms with Gasteiger partial charge in [0.1, 0.15) is 0 Å². The quantitative estimate of drug-likeness (QED) is 0.840. The van der Waals surface area contributed by atoms with E-state index >= 15 is 0 Å². The zero-order valence-corrected chi connectivity index (χ0v) is 11.3. The lowest BCUT2D eigenvalue weighted by Crippen LogP contribution is -2.18. The van der Waals surface area contributed by atoms with Gasteiger partial charge in [-0.05, 0) is 31.0 Å². The summed E-state index contributed by atoms with van der Waals surface area (Å²) in [6.07, 6.45) is 13.7. The predicted molar refractivity (Wildman–Crippen MR) is 78.7 cm³/mol. The molecule has 3 nitrogen and oxygen atoms in total. The Balaban J connectivity index is 1.72. The summed E-state index contributed by atoms with van der Waals surface area (Å²) in [4.78, 5) is 4.10.